The topological polar surface area (TPSA) is 125 Å². The van der Waals surface area contributed by atoms with Crippen LogP contribution in [0.3, 0.4) is 0 Å². The number of carbonyl (C=O) groups is 2. The molecule has 0 fully saturated rings. The largest absolute Gasteiger partial charge is 0.491 e. The van der Waals surface area contributed by atoms with Gasteiger partial charge < -0.3 is 20.3 Å². The number of carbonyl (C=O) groups excluding carboxylic acids is 2. The van der Waals surface area contributed by atoms with Gasteiger partial charge in [0, 0.05) is 30.3 Å². The molecule has 6 rings (SSSR count). The number of hydrogen-bond donors (Lipinski definition) is 3. The monoisotopic (exact) mass is 575 g/mol. The van der Waals surface area contributed by atoms with E-state index in [1.54, 1.807) is 41.1 Å². The van der Waals surface area contributed by atoms with E-state index in [2.05, 4.69) is 55.3 Å². The summed E-state index contributed by atoms with van der Waals surface area (Å²) in [6.45, 7) is 1.42. The van der Waals surface area contributed by atoms with E-state index in [1.807, 2.05) is 6.26 Å². The van der Waals surface area contributed by atoms with Crippen molar-refractivity contribution in [1.29, 1.82) is 0 Å². The van der Waals surface area contributed by atoms with Gasteiger partial charge in [-0.3, -0.25) is 9.59 Å². The molecule has 0 atom stereocenters. The van der Waals surface area contributed by atoms with E-state index in [0.29, 0.717) is 53.1 Å². The number of fused-ring (bicyclic) bond motifs is 2. The summed E-state index contributed by atoms with van der Waals surface area (Å²) in [5, 5.41) is 18.1. The number of thioether (sulfide) groups is 1. The Hall–Kier alpha value is -3.90. The molecule has 0 bridgehead atoms. The van der Waals surface area contributed by atoms with Crippen molar-refractivity contribution < 1.29 is 14.3 Å². The molecule has 4 aromatic rings. The second-order valence-electron chi connectivity index (χ2n) is 9.75. The maximum Gasteiger partial charge on any atom is 0.267 e. The van der Waals surface area contributed by atoms with Crippen LogP contribution in [0.1, 0.15) is 42.5 Å². The van der Waals surface area contributed by atoms with Crippen LogP contribution in [0.25, 0.3) is 0 Å². The molecule has 0 radical (unpaired) electrons. The summed E-state index contributed by atoms with van der Waals surface area (Å²) >= 11 is 2.98. The van der Waals surface area contributed by atoms with Gasteiger partial charge in [0.25, 0.3) is 11.8 Å². The number of hydrogen-bond acceptors (Lipinski definition) is 9. The third-order valence-corrected chi connectivity index (χ3v) is 8.58. The van der Waals surface area contributed by atoms with Gasteiger partial charge in [0.2, 0.25) is 0 Å². The van der Waals surface area contributed by atoms with Crippen LogP contribution in [0.15, 0.2) is 48.7 Å². The molecule has 2 aliphatic rings. The van der Waals surface area contributed by atoms with Crippen molar-refractivity contribution in [2.45, 2.75) is 31.8 Å². The summed E-state index contributed by atoms with van der Waals surface area (Å²) in [5.74, 6) is 0.881. The Labute approximate surface area is 239 Å². The Bertz CT molecular complexity index is 1510. The van der Waals surface area contributed by atoms with E-state index >= 15 is 0 Å². The van der Waals surface area contributed by atoms with Gasteiger partial charge in [0.05, 0.1) is 30.7 Å². The van der Waals surface area contributed by atoms with Crippen LogP contribution in [0.4, 0.5) is 10.8 Å². The van der Waals surface area contributed by atoms with Gasteiger partial charge >= 0.3 is 0 Å². The number of benzene rings is 2. The molecule has 1 aliphatic carbocycles. The number of aromatic amines is 1. The lowest BCUT2D eigenvalue weighted by atomic mass is 10.1. The van der Waals surface area contributed by atoms with Gasteiger partial charge in [0.15, 0.2) is 5.13 Å². The average molecular weight is 576 g/mol. The lowest BCUT2D eigenvalue weighted by molar-refractivity contribution is 0.0731. The summed E-state index contributed by atoms with van der Waals surface area (Å²) in [7, 11) is 0. The maximum atomic E-state index is 13.4. The fraction of sp³-hybridized carbons (Fsp3) is 0.321. The number of ether oxygens (including phenoxy) is 1. The van der Waals surface area contributed by atoms with Crippen molar-refractivity contribution in [3.05, 3.63) is 81.6 Å². The number of nitrogens with one attached hydrogen (secondary N) is 3. The average Bonchev–Trinajstić information content (AvgIpc) is 3.72. The number of nitrogens with zero attached hydrogens (tertiary/aromatic N) is 4. The van der Waals surface area contributed by atoms with Crippen molar-refractivity contribution in [1.82, 2.24) is 25.3 Å². The molecule has 1 aliphatic heterocycles. The van der Waals surface area contributed by atoms with Crippen LogP contribution in [0.2, 0.25) is 0 Å². The predicted molar refractivity (Wildman–Crippen MR) is 156 cm³/mol. The first kappa shape index (κ1) is 26.3. The minimum absolute atomic E-state index is 0.137. The summed E-state index contributed by atoms with van der Waals surface area (Å²) in [6, 6.07) is 13.9. The molecule has 0 unspecified atom stereocenters. The molecule has 0 spiro atoms. The van der Waals surface area contributed by atoms with Gasteiger partial charge in [-0.2, -0.15) is 27.2 Å². The Morgan fingerprint density at radius 3 is 2.75 bits per heavy atom. The first-order valence-corrected chi connectivity index (χ1v) is 15.3. The SMILES string of the molecule is CSCCOc1ccc(C(=O)N2CCc3n[nH]nc3C2)cc1NC(=O)c1cnc(NC2Cc3ccccc3C2)s1. The van der Waals surface area contributed by atoms with Gasteiger partial charge in [-0.05, 0) is 48.4 Å². The zero-order chi connectivity index (χ0) is 27.5. The van der Waals surface area contributed by atoms with Crippen LogP contribution in [0.5, 0.6) is 5.75 Å². The number of rotatable bonds is 9. The quantitative estimate of drug-likeness (QED) is 0.256. The van der Waals surface area contributed by atoms with E-state index < -0.39 is 0 Å². The molecule has 10 nitrogen and oxygen atoms in total. The second kappa shape index (κ2) is 11.7. The van der Waals surface area contributed by atoms with Crippen LogP contribution in [-0.4, -0.2) is 68.3 Å². The number of amides is 2. The molecule has 40 heavy (non-hydrogen) atoms. The first-order valence-electron chi connectivity index (χ1n) is 13.1. The molecular weight excluding hydrogens is 546 g/mol. The predicted octanol–water partition coefficient (Wildman–Crippen LogP) is 4.03. The highest BCUT2D eigenvalue weighted by atomic mass is 32.2. The molecule has 3 heterocycles. The van der Waals surface area contributed by atoms with Crippen molar-refractivity contribution in [2.75, 3.05) is 35.8 Å². The smallest absolute Gasteiger partial charge is 0.267 e. The van der Waals surface area contributed by atoms with Crippen LogP contribution >= 0.6 is 23.1 Å². The Morgan fingerprint density at radius 1 is 1.15 bits per heavy atom. The zero-order valence-corrected chi connectivity index (χ0v) is 23.6. The second-order valence-corrected chi connectivity index (χ2v) is 11.8. The number of anilines is 2. The van der Waals surface area contributed by atoms with Gasteiger partial charge in [-0.1, -0.05) is 35.6 Å². The normalized spacial score (nSPS) is 14.5. The molecule has 3 N–H and O–H groups in total. The van der Waals surface area contributed by atoms with Crippen molar-refractivity contribution in [3.8, 4) is 5.75 Å². The minimum atomic E-state index is -0.301. The lowest BCUT2D eigenvalue weighted by Crippen LogP contribution is -2.36. The van der Waals surface area contributed by atoms with E-state index in [1.165, 1.54) is 22.5 Å². The third-order valence-electron chi connectivity index (χ3n) is 7.08. The van der Waals surface area contributed by atoms with E-state index in [-0.39, 0.29) is 17.9 Å². The van der Waals surface area contributed by atoms with Gasteiger partial charge in [-0.25, -0.2) is 4.98 Å². The maximum absolute atomic E-state index is 13.4. The van der Waals surface area contributed by atoms with Crippen molar-refractivity contribution in [3.63, 3.8) is 0 Å². The number of thiazole rings is 1. The minimum Gasteiger partial charge on any atom is -0.491 e. The summed E-state index contributed by atoms with van der Waals surface area (Å²) in [6.07, 6.45) is 6.10. The highest BCUT2D eigenvalue weighted by Crippen LogP contribution is 2.30. The van der Waals surface area contributed by atoms with Crippen molar-refractivity contribution in [2.24, 2.45) is 0 Å². The molecule has 2 amide bonds. The third kappa shape index (κ3) is 5.68. The van der Waals surface area contributed by atoms with Crippen molar-refractivity contribution >= 4 is 45.7 Å². The molecule has 2 aromatic carbocycles. The van der Waals surface area contributed by atoms with Gasteiger partial charge in [0.1, 0.15) is 16.3 Å². The number of aromatic nitrogens is 4. The standard InChI is InChI=1S/C28H29N7O3S2/c1-39-11-10-38-24-7-6-19(27(37)35-9-8-21-23(16-35)33-34-32-21)14-22(24)31-26(36)25-15-29-28(40-25)30-20-12-17-4-2-3-5-18(17)13-20/h2-7,14-15,20H,8-13,16H2,1H3,(H,29,30)(H,31,36)(H,32,33,34). The van der Waals surface area contributed by atoms with E-state index in [4.69, 9.17) is 4.74 Å². The fourth-order valence-corrected chi connectivity index (χ4v) is 6.08. The molecule has 0 saturated carbocycles. The Morgan fingerprint density at radius 2 is 1.95 bits per heavy atom. The molecule has 206 valence electrons. The van der Waals surface area contributed by atoms with Gasteiger partial charge in [-0.15, -0.1) is 0 Å². The first-order chi connectivity index (χ1) is 19.6. The fourth-order valence-electron chi connectivity index (χ4n) is 5.04. The van der Waals surface area contributed by atoms with Crippen LogP contribution in [0, 0.1) is 0 Å². The van der Waals surface area contributed by atoms with E-state index in [9.17, 15) is 9.59 Å². The van der Waals surface area contributed by atoms with Crippen LogP contribution < -0.4 is 15.4 Å². The molecular formula is C28H29N7O3S2. The highest BCUT2D eigenvalue weighted by Gasteiger charge is 2.26. The molecule has 0 saturated heterocycles. The molecule has 12 heteroatoms. The summed E-state index contributed by atoms with van der Waals surface area (Å²) in [5.41, 5.74) is 5.29. The summed E-state index contributed by atoms with van der Waals surface area (Å²) < 4.78 is 5.95. The zero-order valence-electron chi connectivity index (χ0n) is 22.0. The highest BCUT2D eigenvalue weighted by molar-refractivity contribution is 7.98. The lowest BCUT2D eigenvalue weighted by Gasteiger charge is -2.25. The molecule has 2 aromatic heterocycles. The Balaban J connectivity index is 1.16. The number of H-pyrrole nitrogens is 1. The van der Waals surface area contributed by atoms with Crippen LogP contribution in [-0.2, 0) is 25.8 Å². The van der Waals surface area contributed by atoms with E-state index in [0.717, 1.165) is 30.0 Å². The summed E-state index contributed by atoms with van der Waals surface area (Å²) in [4.78, 5) is 33.3. The Kier molecular flexibility index (Phi) is 7.69.